The number of nitrogens with zero attached hydrogens (tertiary/aromatic N) is 1. The molecule has 3 rings (SSSR count). The third-order valence-corrected chi connectivity index (χ3v) is 4.01. The van der Waals surface area contributed by atoms with Gasteiger partial charge in [0, 0.05) is 16.6 Å². The second-order valence-electron chi connectivity index (χ2n) is 5.77. The number of ketones is 1. The zero-order chi connectivity index (χ0) is 19.4. The van der Waals surface area contributed by atoms with Crippen LogP contribution in [0, 0.1) is 0 Å². The SMILES string of the molecule is CC(=O)c1ccc(NC(=O)COC(=O)c2cc(Cl)nc3ccccc23)cc1. The normalized spacial score (nSPS) is 10.4. The molecule has 6 nitrogen and oxygen atoms in total. The fraction of sp³-hybridized carbons (Fsp3) is 0.100. The van der Waals surface area contributed by atoms with Crippen molar-refractivity contribution in [2.24, 2.45) is 0 Å². The van der Waals surface area contributed by atoms with Crippen LogP contribution in [0.5, 0.6) is 0 Å². The summed E-state index contributed by atoms with van der Waals surface area (Å²) in [7, 11) is 0. The largest absolute Gasteiger partial charge is 0.452 e. The quantitative estimate of drug-likeness (QED) is 0.411. The van der Waals surface area contributed by atoms with Crippen molar-refractivity contribution in [3.8, 4) is 0 Å². The summed E-state index contributed by atoms with van der Waals surface area (Å²) >= 11 is 5.95. The summed E-state index contributed by atoms with van der Waals surface area (Å²) < 4.78 is 5.10. The first-order valence-corrected chi connectivity index (χ1v) is 8.45. The molecule has 27 heavy (non-hydrogen) atoms. The number of hydrogen-bond donors (Lipinski definition) is 1. The average molecular weight is 383 g/mol. The van der Waals surface area contributed by atoms with Crippen LogP contribution < -0.4 is 5.32 Å². The topological polar surface area (TPSA) is 85.4 Å². The summed E-state index contributed by atoms with van der Waals surface area (Å²) in [5.41, 5.74) is 1.84. The van der Waals surface area contributed by atoms with Crippen LogP contribution >= 0.6 is 11.6 Å². The molecule has 0 bridgehead atoms. The van der Waals surface area contributed by atoms with Crippen LogP contribution in [-0.2, 0) is 9.53 Å². The number of anilines is 1. The Kier molecular flexibility index (Phi) is 5.47. The molecule has 0 aliphatic rings. The molecule has 0 aliphatic carbocycles. The molecule has 0 saturated heterocycles. The van der Waals surface area contributed by atoms with Crippen molar-refractivity contribution in [1.82, 2.24) is 4.98 Å². The van der Waals surface area contributed by atoms with Crippen LogP contribution in [0.1, 0.15) is 27.6 Å². The van der Waals surface area contributed by atoms with E-state index in [0.29, 0.717) is 22.2 Å². The number of rotatable bonds is 5. The van der Waals surface area contributed by atoms with Crippen molar-refractivity contribution >= 4 is 45.9 Å². The Morgan fingerprint density at radius 3 is 2.48 bits per heavy atom. The smallest absolute Gasteiger partial charge is 0.339 e. The van der Waals surface area contributed by atoms with Gasteiger partial charge in [-0.15, -0.1) is 0 Å². The van der Waals surface area contributed by atoms with Crippen molar-refractivity contribution < 1.29 is 19.1 Å². The van der Waals surface area contributed by atoms with Crippen LogP contribution in [0.15, 0.2) is 54.6 Å². The van der Waals surface area contributed by atoms with Crippen LogP contribution in [0.4, 0.5) is 5.69 Å². The predicted octanol–water partition coefficient (Wildman–Crippen LogP) is 3.89. The molecule has 1 aromatic heterocycles. The van der Waals surface area contributed by atoms with E-state index in [9.17, 15) is 14.4 Å². The molecule has 1 amide bonds. The first-order valence-electron chi connectivity index (χ1n) is 8.07. The summed E-state index contributed by atoms with van der Waals surface area (Å²) in [6.07, 6.45) is 0. The number of aromatic nitrogens is 1. The van der Waals surface area contributed by atoms with Gasteiger partial charge in [0.25, 0.3) is 5.91 Å². The van der Waals surface area contributed by atoms with Crippen LogP contribution in [0.2, 0.25) is 5.15 Å². The minimum atomic E-state index is -0.669. The molecular weight excluding hydrogens is 368 g/mol. The van der Waals surface area contributed by atoms with Crippen molar-refractivity contribution in [3.63, 3.8) is 0 Å². The zero-order valence-electron chi connectivity index (χ0n) is 14.4. The maximum Gasteiger partial charge on any atom is 0.339 e. The molecule has 136 valence electrons. The number of carbonyl (C=O) groups excluding carboxylic acids is 3. The summed E-state index contributed by atoms with van der Waals surface area (Å²) in [6, 6.07) is 14.8. The van der Waals surface area contributed by atoms with Crippen LogP contribution in [0.3, 0.4) is 0 Å². The third-order valence-electron chi connectivity index (χ3n) is 3.81. The van der Waals surface area contributed by atoms with E-state index in [1.54, 1.807) is 48.5 Å². The number of amides is 1. The first kappa shape index (κ1) is 18.5. The van der Waals surface area contributed by atoms with Gasteiger partial charge in [-0.25, -0.2) is 9.78 Å². The van der Waals surface area contributed by atoms with Crippen molar-refractivity contribution in [2.45, 2.75) is 6.92 Å². The Morgan fingerprint density at radius 1 is 1.07 bits per heavy atom. The molecule has 0 fully saturated rings. The Hall–Kier alpha value is -3.25. The highest BCUT2D eigenvalue weighted by Crippen LogP contribution is 2.21. The lowest BCUT2D eigenvalue weighted by atomic mass is 10.1. The Bertz CT molecular complexity index is 1030. The van der Waals surface area contributed by atoms with Gasteiger partial charge in [-0.3, -0.25) is 9.59 Å². The van der Waals surface area contributed by atoms with E-state index in [4.69, 9.17) is 16.3 Å². The number of ether oxygens (including phenoxy) is 1. The maximum absolute atomic E-state index is 12.4. The average Bonchev–Trinajstić information content (AvgIpc) is 2.65. The number of nitrogens with one attached hydrogen (secondary N) is 1. The van der Waals surface area contributed by atoms with Gasteiger partial charge in [0.2, 0.25) is 0 Å². The Morgan fingerprint density at radius 2 is 1.78 bits per heavy atom. The van der Waals surface area contributed by atoms with Gasteiger partial charge in [0.15, 0.2) is 12.4 Å². The van der Waals surface area contributed by atoms with Gasteiger partial charge < -0.3 is 10.1 Å². The van der Waals surface area contributed by atoms with Gasteiger partial charge in [0.05, 0.1) is 11.1 Å². The molecule has 1 N–H and O–H groups in total. The molecule has 1 heterocycles. The number of halogens is 1. The lowest BCUT2D eigenvalue weighted by molar-refractivity contribution is -0.119. The minimum Gasteiger partial charge on any atom is -0.452 e. The highest BCUT2D eigenvalue weighted by atomic mass is 35.5. The predicted molar refractivity (Wildman–Crippen MR) is 102 cm³/mol. The van der Waals surface area contributed by atoms with E-state index < -0.39 is 18.5 Å². The van der Waals surface area contributed by atoms with E-state index in [1.165, 1.54) is 13.0 Å². The molecular formula is C20H15ClN2O4. The summed E-state index contributed by atoms with van der Waals surface area (Å²) in [5.74, 6) is -1.23. The van der Waals surface area contributed by atoms with Crippen molar-refractivity contribution in [1.29, 1.82) is 0 Å². The van der Waals surface area contributed by atoms with Crippen LogP contribution in [-0.4, -0.2) is 29.3 Å². The standard InChI is InChI=1S/C20H15ClN2O4/c1-12(24)13-6-8-14(9-7-13)22-19(25)11-27-20(26)16-10-18(21)23-17-5-3-2-4-15(16)17/h2-10H,11H2,1H3,(H,22,25). The van der Waals surface area contributed by atoms with E-state index in [0.717, 1.165) is 0 Å². The summed E-state index contributed by atoms with van der Waals surface area (Å²) in [6.45, 7) is 1.00. The van der Waals surface area contributed by atoms with Gasteiger partial charge in [-0.2, -0.15) is 0 Å². The fourth-order valence-electron chi connectivity index (χ4n) is 2.51. The van der Waals surface area contributed by atoms with E-state index in [1.807, 2.05) is 0 Å². The number of benzene rings is 2. The second-order valence-corrected chi connectivity index (χ2v) is 6.15. The molecule has 3 aromatic rings. The van der Waals surface area contributed by atoms with Crippen molar-refractivity contribution in [2.75, 3.05) is 11.9 Å². The molecule has 0 spiro atoms. The number of hydrogen-bond acceptors (Lipinski definition) is 5. The Labute approximate surface area is 160 Å². The number of para-hydroxylation sites is 1. The second kappa shape index (κ2) is 7.97. The van der Waals surface area contributed by atoms with E-state index in [-0.39, 0.29) is 16.5 Å². The van der Waals surface area contributed by atoms with Crippen molar-refractivity contribution in [3.05, 3.63) is 70.9 Å². The Balaban J connectivity index is 1.65. The summed E-state index contributed by atoms with van der Waals surface area (Å²) in [4.78, 5) is 39.8. The van der Waals surface area contributed by atoms with E-state index in [2.05, 4.69) is 10.3 Å². The highest BCUT2D eigenvalue weighted by molar-refractivity contribution is 6.30. The number of Topliss-reactive ketones (excluding diaryl/α,β-unsaturated/α-hetero) is 1. The molecule has 2 aromatic carbocycles. The number of pyridine rings is 1. The lowest BCUT2D eigenvalue weighted by Crippen LogP contribution is -2.21. The molecule has 0 unspecified atom stereocenters. The van der Waals surface area contributed by atoms with E-state index >= 15 is 0 Å². The lowest BCUT2D eigenvalue weighted by Gasteiger charge is -2.09. The monoisotopic (exact) mass is 382 g/mol. The third kappa shape index (κ3) is 4.48. The van der Waals surface area contributed by atoms with Gasteiger partial charge in [0.1, 0.15) is 5.15 Å². The van der Waals surface area contributed by atoms with Gasteiger partial charge >= 0.3 is 5.97 Å². The molecule has 0 aliphatic heterocycles. The molecule has 0 radical (unpaired) electrons. The molecule has 7 heteroatoms. The molecule has 0 atom stereocenters. The zero-order valence-corrected chi connectivity index (χ0v) is 15.1. The fourth-order valence-corrected chi connectivity index (χ4v) is 2.71. The first-order chi connectivity index (χ1) is 12.9. The maximum atomic E-state index is 12.4. The molecule has 0 saturated carbocycles. The minimum absolute atomic E-state index is 0.0648. The number of esters is 1. The number of carbonyl (C=O) groups is 3. The van der Waals surface area contributed by atoms with Gasteiger partial charge in [-0.05, 0) is 43.3 Å². The number of fused-ring (bicyclic) bond motifs is 1. The van der Waals surface area contributed by atoms with Crippen LogP contribution in [0.25, 0.3) is 10.9 Å². The van der Waals surface area contributed by atoms with Gasteiger partial charge in [-0.1, -0.05) is 29.8 Å². The highest BCUT2D eigenvalue weighted by Gasteiger charge is 2.15. The summed E-state index contributed by atoms with van der Waals surface area (Å²) in [5, 5.41) is 3.35.